The molecule has 1 heterocycles. The van der Waals surface area contributed by atoms with Crippen molar-refractivity contribution >= 4 is 33.9 Å². The van der Waals surface area contributed by atoms with Gasteiger partial charge in [0.2, 0.25) is 5.43 Å². The number of benzene rings is 2. The van der Waals surface area contributed by atoms with E-state index in [1.54, 1.807) is 18.2 Å². The van der Waals surface area contributed by atoms with Crippen LogP contribution in [0.15, 0.2) is 45.6 Å². The van der Waals surface area contributed by atoms with Gasteiger partial charge in [0.1, 0.15) is 30.1 Å². The number of rotatable bonds is 5. The summed E-state index contributed by atoms with van der Waals surface area (Å²) in [5.41, 5.74) is 0.298. The third-order valence-corrected chi connectivity index (χ3v) is 3.55. The average molecular weight is 342 g/mol. The monoisotopic (exact) mass is 342 g/mol. The number of carbonyl (C=O) groups is 2. The normalized spacial score (nSPS) is 10.8. The summed E-state index contributed by atoms with van der Waals surface area (Å²) in [6.45, 7) is 1.58. The molecule has 128 valence electrons. The molecule has 0 fully saturated rings. The topological polar surface area (TPSA) is 103 Å². The van der Waals surface area contributed by atoms with Crippen LogP contribution in [0.5, 0.6) is 5.75 Å². The lowest BCUT2D eigenvalue weighted by molar-refractivity contribution is -0.141. The molecular formula is C18H14O7. The van der Waals surface area contributed by atoms with Crippen molar-refractivity contribution in [1.29, 1.82) is 0 Å². The summed E-state index contributed by atoms with van der Waals surface area (Å²) >= 11 is 0. The number of carboxylic acid groups (broad SMARTS) is 1. The van der Waals surface area contributed by atoms with E-state index >= 15 is 0 Å². The Morgan fingerprint density at radius 2 is 1.84 bits per heavy atom. The molecule has 3 rings (SSSR count). The summed E-state index contributed by atoms with van der Waals surface area (Å²) in [5, 5.41) is 9.64. The highest BCUT2D eigenvalue weighted by Crippen LogP contribution is 2.23. The van der Waals surface area contributed by atoms with E-state index in [0.29, 0.717) is 16.7 Å². The van der Waals surface area contributed by atoms with E-state index in [1.807, 2.05) is 0 Å². The van der Waals surface area contributed by atoms with Crippen molar-refractivity contribution in [3.8, 4) is 5.75 Å². The number of fused-ring (bicyclic) bond motifs is 2. The van der Waals surface area contributed by atoms with Gasteiger partial charge in [0.15, 0.2) is 0 Å². The highest BCUT2D eigenvalue weighted by atomic mass is 16.6. The Hall–Kier alpha value is -3.35. The van der Waals surface area contributed by atoms with Crippen LogP contribution in [-0.2, 0) is 9.53 Å². The highest BCUT2D eigenvalue weighted by molar-refractivity contribution is 5.95. The molecule has 0 atom stereocenters. The fraction of sp³-hybridized carbons (Fsp3) is 0.167. The molecule has 2 aromatic carbocycles. The molecule has 0 unspecified atom stereocenters. The first-order valence-corrected chi connectivity index (χ1v) is 7.46. The zero-order valence-corrected chi connectivity index (χ0v) is 13.3. The molecule has 1 N–H and O–H groups in total. The van der Waals surface area contributed by atoms with Gasteiger partial charge in [-0.3, -0.25) is 9.59 Å². The minimum absolute atomic E-state index is 0.0421. The van der Waals surface area contributed by atoms with Crippen molar-refractivity contribution in [1.82, 2.24) is 0 Å². The van der Waals surface area contributed by atoms with Crippen molar-refractivity contribution in [3.63, 3.8) is 0 Å². The van der Waals surface area contributed by atoms with Gasteiger partial charge in [-0.15, -0.1) is 0 Å². The van der Waals surface area contributed by atoms with Crippen LogP contribution in [0.3, 0.4) is 0 Å². The number of carbonyl (C=O) groups excluding carboxylic acids is 1. The summed E-state index contributed by atoms with van der Waals surface area (Å²) in [7, 11) is 0. The fourth-order valence-electron chi connectivity index (χ4n) is 2.40. The summed E-state index contributed by atoms with van der Waals surface area (Å²) < 4.78 is 15.9. The van der Waals surface area contributed by atoms with Gasteiger partial charge in [0, 0.05) is 6.92 Å². The molecule has 0 amide bonds. The minimum Gasteiger partial charge on any atom is -0.490 e. The first kappa shape index (κ1) is 16.5. The lowest BCUT2D eigenvalue weighted by atomic mass is 10.1. The third kappa shape index (κ3) is 3.45. The first-order valence-electron chi connectivity index (χ1n) is 7.46. The van der Waals surface area contributed by atoms with E-state index in [9.17, 15) is 14.4 Å². The van der Waals surface area contributed by atoms with Gasteiger partial charge < -0.3 is 19.0 Å². The van der Waals surface area contributed by atoms with Gasteiger partial charge in [-0.2, -0.15) is 0 Å². The molecule has 0 radical (unpaired) electrons. The number of esters is 1. The Balaban J connectivity index is 1.96. The lowest BCUT2D eigenvalue weighted by Crippen LogP contribution is -2.10. The van der Waals surface area contributed by atoms with Crippen molar-refractivity contribution in [2.24, 2.45) is 0 Å². The van der Waals surface area contributed by atoms with Gasteiger partial charge in [0.05, 0.1) is 16.3 Å². The number of aromatic carboxylic acids is 1. The Morgan fingerprint density at radius 3 is 2.56 bits per heavy atom. The fourth-order valence-corrected chi connectivity index (χ4v) is 2.40. The zero-order valence-electron chi connectivity index (χ0n) is 13.3. The second-order valence-electron chi connectivity index (χ2n) is 5.29. The summed E-state index contributed by atoms with van der Waals surface area (Å²) in [6, 6.07) is 8.84. The maximum Gasteiger partial charge on any atom is 0.335 e. The number of ether oxygens (including phenoxy) is 2. The predicted molar refractivity (Wildman–Crippen MR) is 89.1 cm³/mol. The SMILES string of the molecule is CC(=O)OCCOc1ccc2oc3cc(C(=O)O)ccc3c(=O)c2c1. The van der Waals surface area contributed by atoms with Crippen LogP contribution in [0.4, 0.5) is 0 Å². The van der Waals surface area contributed by atoms with Gasteiger partial charge >= 0.3 is 11.9 Å². The Kier molecular flexibility index (Phi) is 4.38. The van der Waals surface area contributed by atoms with Crippen molar-refractivity contribution in [2.45, 2.75) is 6.92 Å². The molecule has 0 aliphatic heterocycles. The quantitative estimate of drug-likeness (QED) is 0.432. The van der Waals surface area contributed by atoms with E-state index in [0.717, 1.165) is 0 Å². The molecule has 1 aromatic heterocycles. The maximum absolute atomic E-state index is 12.6. The van der Waals surface area contributed by atoms with Gasteiger partial charge in [-0.05, 0) is 36.4 Å². The van der Waals surface area contributed by atoms with Gasteiger partial charge in [-0.25, -0.2) is 4.79 Å². The molecule has 0 spiro atoms. The molecule has 7 heteroatoms. The van der Waals surface area contributed by atoms with E-state index < -0.39 is 11.9 Å². The minimum atomic E-state index is -1.10. The lowest BCUT2D eigenvalue weighted by Gasteiger charge is -2.08. The third-order valence-electron chi connectivity index (χ3n) is 3.55. The number of hydrogen-bond donors (Lipinski definition) is 1. The van der Waals surface area contributed by atoms with Gasteiger partial charge in [0.25, 0.3) is 0 Å². The molecule has 7 nitrogen and oxygen atoms in total. The second-order valence-corrected chi connectivity index (χ2v) is 5.29. The van der Waals surface area contributed by atoms with Crippen LogP contribution in [0.2, 0.25) is 0 Å². The van der Waals surface area contributed by atoms with E-state index in [-0.39, 0.29) is 35.2 Å². The molecule has 0 saturated carbocycles. The molecule has 3 aromatic rings. The molecular weight excluding hydrogens is 328 g/mol. The molecule has 25 heavy (non-hydrogen) atoms. The summed E-state index contributed by atoms with van der Waals surface area (Å²) in [6.07, 6.45) is 0. The summed E-state index contributed by atoms with van der Waals surface area (Å²) in [5.74, 6) is -1.05. The van der Waals surface area contributed by atoms with E-state index in [1.165, 1.54) is 25.1 Å². The average Bonchev–Trinajstić information content (AvgIpc) is 2.58. The van der Waals surface area contributed by atoms with Crippen LogP contribution in [0, 0.1) is 0 Å². The largest absolute Gasteiger partial charge is 0.490 e. The Morgan fingerprint density at radius 1 is 1.04 bits per heavy atom. The van der Waals surface area contributed by atoms with Crippen molar-refractivity contribution in [2.75, 3.05) is 13.2 Å². The Labute approximate surface area is 141 Å². The zero-order chi connectivity index (χ0) is 18.0. The van der Waals surface area contributed by atoms with Gasteiger partial charge in [-0.1, -0.05) is 0 Å². The summed E-state index contributed by atoms with van der Waals surface area (Å²) in [4.78, 5) is 34.3. The van der Waals surface area contributed by atoms with Crippen LogP contribution in [0.1, 0.15) is 17.3 Å². The van der Waals surface area contributed by atoms with Crippen molar-refractivity contribution < 1.29 is 28.6 Å². The molecule has 0 aliphatic rings. The second kappa shape index (κ2) is 6.64. The predicted octanol–water partition coefficient (Wildman–Crippen LogP) is 2.59. The van der Waals surface area contributed by atoms with E-state index in [4.69, 9.17) is 19.0 Å². The number of hydrogen-bond acceptors (Lipinski definition) is 6. The maximum atomic E-state index is 12.6. The van der Waals surface area contributed by atoms with Crippen LogP contribution in [-0.4, -0.2) is 30.3 Å². The molecule has 0 bridgehead atoms. The first-order chi connectivity index (χ1) is 12.0. The van der Waals surface area contributed by atoms with Crippen molar-refractivity contribution in [3.05, 3.63) is 52.2 Å². The molecule has 0 saturated heterocycles. The number of carboxylic acids is 1. The van der Waals surface area contributed by atoms with Crippen LogP contribution < -0.4 is 10.2 Å². The standard InChI is InChI=1S/C18H14O7/c1-10(19)23-6-7-24-12-3-5-15-14(9-12)17(20)13-4-2-11(18(21)22)8-16(13)25-15/h2-5,8-9H,6-7H2,1H3,(H,21,22). The van der Waals surface area contributed by atoms with Crippen LogP contribution >= 0.6 is 0 Å². The molecule has 0 aliphatic carbocycles. The smallest absolute Gasteiger partial charge is 0.335 e. The van der Waals surface area contributed by atoms with Crippen LogP contribution in [0.25, 0.3) is 21.9 Å². The van der Waals surface area contributed by atoms with E-state index in [2.05, 4.69) is 0 Å². The highest BCUT2D eigenvalue weighted by Gasteiger charge is 2.11. The Bertz CT molecular complexity index is 1030.